The fourth-order valence-electron chi connectivity index (χ4n) is 2.07. The van der Waals surface area contributed by atoms with E-state index in [2.05, 4.69) is 4.98 Å². The van der Waals surface area contributed by atoms with E-state index in [-0.39, 0.29) is 17.7 Å². The Kier molecular flexibility index (Phi) is 4.02. The number of ether oxygens (including phenoxy) is 2. The summed E-state index contributed by atoms with van der Waals surface area (Å²) in [6.45, 7) is 1.71. The Morgan fingerprint density at radius 2 is 1.95 bits per heavy atom. The minimum Gasteiger partial charge on any atom is -0.497 e. The first kappa shape index (κ1) is 14.7. The van der Waals surface area contributed by atoms with Gasteiger partial charge in [0.25, 0.3) is 5.56 Å². The molecule has 0 saturated heterocycles. The van der Waals surface area contributed by atoms with Gasteiger partial charge >= 0.3 is 5.69 Å². The zero-order chi connectivity index (χ0) is 15.6. The lowest BCUT2D eigenvalue weighted by molar-refractivity contribution is 0.392. The fraction of sp³-hybridized carbons (Fsp3) is 0.286. The van der Waals surface area contributed by atoms with Crippen LogP contribution >= 0.6 is 0 Å². The molecule has 0 saturated carbocycles. The van der Waals surface area contributed by atoms with Crippen LogP contribution in [0.5, 0.6) is 17.4 Å². The van der Waals surface area contributed by atoms with Crippen molar-refractivity contribution < 1.29 is 14.6 Å². The Morgan fingerprint density at radius 1 is 1.24 bits per heavy atom. The van der Waals surface area contributed by atoms with Gasteiger partial charge < -0.3 is 14.6 Å². The van der Waals surface area contributed by atoms with Crippen molar-refractivity contribution in [1.29, 1.82) is 0 Å². The molecule has 2 rings (SSSR count). The largest absolute Gasteiger partial charge is 0.497 e. The lowest BCUT2D eigenvalue weighted by Gasteiger charge is -2.14. The van der Waals surface area contributed by atoms with E-state index in [1.54, 1.807) is 19.1 Å². The van der Waals surface area contributed by atoms with Gasteiger partial charge in [-0.2, -0.15) is 0 Å². The second kappa shape index (κ2) is 5.74. The molecule has 0 atom stereocenters. The minimum absolute atomic E-state index is 0.125. The van der Waals surface area contributed by atoms with Crippen LogP contribution in [0.15, 0.2) is 27.8 Å². The summed E-state index contributed by atoms with van der Waals surface area (Å²) in [5.74, 6) is 0.446. The summed E-state index contributed by atoms with van der Waals surface area (Å²) in [6.07, 6.45) is 0.285. The highest BCUT2D eigenvalue weighted by molar-refractivity contribution is 5.53. The summed E-state index contributed by atoms with van der Waals surface area (Å²) in [7, 11) is 2.93. The van der Waals surface area contributed by atoms with E-state index in [4.69, 9.17) is 9.47 Å². The van der Waals surface area contributed by atoms with Gasteiger partial charge in [0, 0.05) is 6.07 Å². The molecule has 1 aromatic carbocycles. The van der Waals surface area contributed by atoms with Crippen molar-refractivity contribution in [3.63, 3.8) is 0 Å². The third-order valence-corrected chi connectivity index (χ3v) is 3.16. The predicted molar refractivity (Wildman–Crippen MR) is 76.8 cm³/mol. The normalized spacial score (nSPS) is 10.4. The maximum absolute atomic E-state index is 12.0. The topological polar surface area (TPSA) is 93.6 Å². The number of rotatable bonds is 4. The number of hydrogen-bond donors (Lipinski definition) is 2. The van der Waals surface area contributed by atoms with Crippen LogP contribution in [0.3, 0.4) is 0 Å². The van der Waals surface area contributed by atoms with E-state index in [1.807, 2.05) is 0 Å². The van der Waals surface area contributed by atoms with Gasteiger partial charge in [-0.1, -0.05) is 6.92 Å². The summed E-state index contributed by atoms with van der Waals surface area (Å²) >= 11 is 0. The van der Waals surface area contributed by atoms with E-state index < -0.39 is 17.1 Å². The number of nitrogens with one attached hydrogen (secondary N) is 1. The van der Waals surface area contributed by atoms with Gasteiger partial charge in [0.2, 0.25) is 5.88 Å². The molecule has 112 valence electrons. The quantitative estimate of drug-likeness (QED) is 0.869. The number of hydrogen-bond acceptors (Lipinski definition) is 5. The van der Waals surface area contributed by atoms with Crippen LogP contribution < -0.4 is 20.7 Å². The molecular weight excluding hydrogens is 276 g/mol. The van der Waals surface area contributed by atoms with Gasteiger partial charge in [-0.15, -0.1) is 0 Å². The molecule has 2 aromatic rings. The molecule has 0 aliphatic rings. The molecule has 2 N–H and O–H groups in total. The van der Waals surface area contributed by atoms with Gasteiger partial charge in [0.1, 0.15) is 11.5 Å². The molecule has 0 unspecified atom stereocenters. The summed E-state index contributed by atoms with van der Waals surface area (Å²) < 4.78 is 11.3. The number of aromatic hydroxyl groups is 1. The lowest BCUT2D eigenvalue weighted by atomic mass is 10.2. The molecule has 0 radical (unpaired) electrons. The first-order valence-corrected chi connectivity index (χ1v) is 6.33. The van der Waals surface area contributed by atoms with Crippen LogP contribution in [-0.4, -0.2) is 28.9 Å². The number of methoxy groups -OCH3 is 2. The first-order chi connectivity index (χ1) is 10.0. The second-order valence-corrected chi connectivity index (χ2v) is 4.29. The van der Waals surface area contributed by atoms with Crippen molar-refractivity contribution in [2.24, 2.45) is 0 Å². The number of nitrogens with zero attached hydrogens (tertiary/aromatic N) is 1. The Labute approximate surface area is 120 Å². The Bertz CT molecular complexity index is 776. The van der Waals surface area contributed by atoms with Crippen molar-refractivity contribution in [1.82, 2.24) is 9.55 Å². The molecule has 0 aliphatic heterocycles. The van der Waals surface area contributed by atoms with Crippen molar-refractivity contribution in [2.45, 2.75) is 13.3 Å². The molecule has 0 spiro atoms. The van der Waals surface area contributed by atoms with E-state index in [9.17, 15) is 14.7 Å². The standard InChI is InChI=1S/C14H16N2O5/c1-4-9-12(17)15-14(19)16(13(9)18)10-7-8(20-2)5-6-11(10)21-3/h5-7,18H,4H2,1-3H3,(H,15,17,19). The van der Waals surface area contributed by atoms with Gasteiger partial charge in [0.05, 0.1) is 25.5 Å². The summed E-state index contributed by atoms with van der Waals surface area (Å²) in [5.41, 5.74) is -0.941. The third kappa shape index (κ3) is 2.49. The monoisotopic (exact) mass is 292 g/mol. The van der Waals surface area contributed by atoms with Gasteiger partial charge in [-0.3, -0.25) is 9.78 Å². The minimum atomic E-state index is -0.749. The fourth-order valence-corrected chi connectivity index (χ4v) is 2.07. The van der Waals surface area contributed by atoms with Crippen molar-refractivity contribution in [2.75, 3.05) is 14.2 Å². The van der Waals surface area contributed by atoms with Crippen molar-refractivity contribution >= 4 is 0 Å². The SMILES string of the molecule is CCc1c(O)n(-c2cc(OC)ccc2OC)c(=O)[nH]c1=O. The highest BCUT2D eigenvalue weighted by atomic mass is 16.5. The molecule has 1 heterocycles. The maximum atomic E-state index is 12.0. The Morgan fingerprint density at radius 3 is 2.52 bits per heavy atom. The number of aromatic nitrogens is 2. The summed E-state index contributed by atoms with van der Waals surface area (Å²) in [4.78, 5) is 25.9. The third-order valence-electron chi connectivity index (χ3n) is 3.16. The maximum Gasteiger partial charge on any atom is 0.335 e. The van der Waals surface area contributed by atoms with Crippen LogP contribution in [0.2, 0.25) is 0 Å². The summed E-state index contributed by atoms with van der Waals surface area (Å²) in [6, 6.07) is 4.81. The average Bonchev–Trinajstić information content (AvgIpc) is 2.47. The van der Waals surface area contributed by atoms with Gasteiger partial charge in [-0.05, 0) is 18.6 Å². The molecule has 0 amide bonds. The highest BCUT2D eigenvalue weighted by Gasteiger charge is 2.17. The number of benzene rings is 1. The smallest absolute Gasteiger partial charge is 0.335 e. The van der Waals surface area contributed by atoms with E-state index >= 15 is 0 Å². The Hall–Kier alpha value is -2.70. The van der Waals surface area contributed by atoms with Crippen LogP contribution in [-0.2, 0) is 6.42 Å². The van der Waals surface area contributed by atoms with E-state index in [1.165, 1.54) is 20.3 Å². The van der Waals surface area contributed by atoms with E-state index in [0.717, 1.165) is 4.57 Å². The molecular formula is C14H16N2O5. The second-order valence-electron chi connectivity index (χ2n) is 4.29. The number of H-pyrrole nitrogens is 1. The van der Waals surface area contributed by atoms with Gasteiger partial charge in [0.15, 0.2) is 0 Å². The van der Waals surface area contributed by atoms with Crippen LogP contribution in [0, 0.1) is 0 Å². The van der Waals surface area contributed by atoms with E-state index in [0.29, 0.717) is 11.5 Å². The molecule has 7 heteroatoms. The molecule has 0 aliphatic carbocycles. The first-order valence-electron chi connectivity index (χ1n) is 6.33. The van der Waals surface area contributed by atoms with Crippen molar-refractivity contribution in [3.8, 4) is 23.1 Å². The molecule has 0 fully saturated rings. The molecule has 1 aromatic heterocycles. The van der Waals surface area contributed by atoms with Crippen LogP contribution in [0.25, 0.3) is 5.69 Å². The zero-order valence-corrected chi connectivity index (χ0v) is 12.0. The molecule has 7 nitrogen and oxygen atoms in total. The average molecular weight is 292 g/mol. The van der Waals surface area contributed by atoms with Crippen molar-refractivity contribution in [3.05, 3.63) is 44.6 Å². The highest BCUT2D eigenvalue weighted by Crippen LogP contribution is 2.29. The predicted octanol–water partition coefficient (Wildman–Crippen LogP) is 0.811. The zero-order valence-electron chi connectivity index (χ0n) is 12.0. The molecule has 0 bridgehead atoms. The van der Waals surface area contributed by atoms with Gasteiger partial charge in [-0.25, -0.2) is 9.36 Å². The Balaban J connectivity index is 2.84. The van der Waals surface area contributed by atoms with Crippen LogP contribution in [0.4, 0.5) is 0 Å². The summed E-state index contributed by atoms with van der Waals surface area (Å²) in [5, 5.41) is 10.2. The van der Waals surface area contributed by atoms with Crippen LogP contribution in [0.1, 0.15) is 12.5 Å². The number of aromatic amines is 1. The lowest BCUT2D eigenvalue weighted by Crippen LogP contribution is -2.31. The molecule has 21 heavy (non-hydrogen) atoms.